The van der Waals surface area contributed by atoms with Gasteiger partial charge in [-0.25, -0.2) is 0 Å². The molecule has 2 heteroatoms. The van der Waals surface area contributed by atoms with E-state index in [1.165, 1.54) is 19.3 Å². The molecule has 0 radical (unpaired) electrons. The van der Waals surface area contributed by atoms with Crippen LogP contribution in [0.15, 0.2) is 30.3 Å². The molecule has 0 saturated carbocycles. The molecule has 0 unspecified atom stereocenters. The Morgan fingerprint density at radius 1 is 1.18 bits per heavy atom. The van der Waals surface area contributed by atoms with Crippen LogP contribution in [-0.2, 0) is 0 Å². The van der Waals surface area contributed by atoms with Gasteiger partial charge in [-0.2, -0.15) is 0 Å². The summed E-state index contributed by atoms with van der Waals surface area (Å²) in [5.74, 6) is 0. The Labute approximate surface area is 105 Å². The molecule has 17 heavy (non-hydrogen) atoms. The van der Waals surface area contributed by atoms with Gasteiger partial charge < -0.3 is 10.4 Å². The highest BCUT2D eigenvalue weighted by Gasteiger charge is 2.17. The van der Waals surface area contributed by atoms with E-state index in [0.717, 1.165) is 5.56 Å². The van der Waals surface area contributed by atoms with Gasteiger partial charge in [0.15, 0.2) is 0 Å². The molecule has 0 aliphatic heterocycles. The van der Waals surface area contributed by atoms with E-state index in [-0.39, 0.29) is 6.04 Å². The molecule has 1 aromatic carbocycles. The largest absolute Gasteiger partial charge is 0.387 e. The molecule has 3 atom stereocenters. The smallest absolute Gasteiger partial charge is 0.0940 e. The lowest BCUT2D eigenvalue weighted by atomic mass is 10.0. The molecule has 0 bridgehead atoms. The first-order chi connectivity index (χ1) is 8.15. The predicted molar refractivity (Wildman–Crippen MR) is 73.0 cm³/mol. The van der Waals surface area contributed by atoms with Crippen LogP contribution in [0.4, 0.5) is 0 Å². The maximum Gasteiger partial charge on any atom is 0.0940 e. The highest BCUT2D eigenvalue weighted by Crippen LogP contribution is 2.17. The summed E-state index contributed by atoms with van der Waals surface area (Å²) in [6, 6.07) is 10.4. The number of aliphatic hydroxyl groups is 1. The molecule has 0 saturated heterocycles. The number of unbranched alkanes of at least 4 members (excludes halogenated alkanes) is 1. The molecule has 2 nitrogen and oxygen atoms in total. The quantitative estimate of drug-likeness (QED) is 0.760. The van der Waals surface area contributed by atoms with Gasteiger partial charge in [0.25, 0.3) is 0 Å². The number of hydrogen-bond donors (Lipinski definition) is 2. The van der Waals surface area contributed by atoms with Crippen LogP contribution in [0.2, 0.25) is 0 Å². The molecule has 0 fully saturated rings. The molecule has 0 amide bonds. The number of benzene rings is 1. The monoisotopic (exact) mass is 235 g/mol. The molecule has 0 aliphatic carbocycles. The molecular weight excluding hydrogens is 210 g/mol. The van der Waals surface area contributed by atoms with Gasteiger partial charge in [-0.15, -0.1) is 0 Å². The van der Waals surface area contributed by atoms with Gasteiger partial charge in [0.05, 0.1) is 6.10 Å². The van der Waals surface area contributed by atoms with Gasteiger partial charge in [0.2, 0.25) is 0 Å². The van der Waals surface area contributed by atoms with E-state index in [9.17, 15) is 5.11 Å². The van der Waals surface area contributed by atoms with Crippen molar-refractivity contribution in [2.75, 3.05) is 0 Å². The van der Waals surface area contributed by atoms with Crippen molar-refractivity contribution in [1.82, 2.24) is 5.32 Å². The molecule has 0 heterocycles. The second-order valence-electron chi connectivity index (χ2n) is 4.85. The van der Waals surface area contributed by atoms with Crippen molar-refractivity contribution in [2.45, 2.75) is 58.2 Å². The van der Waals surface area contributed by atoms with Crippen molar-refractivity contribution in [1.29, 1.82) is 0 Å². The number of rotatable bonds is 7. The number of nitrogens with one attached hydrogen (secondary N) is 1. The topological polar surface area (TPSA) is 32.3 Å². The molecule has 0 aromatic heterocycles. The Kier molecular flexibility index (Phi) is 6.23. The van der Waals surface area contributed by atoms with E-state index >= 15 is 0 Å². The summed E-state index contributed by atoms with van der Waals surface area (Å²) in [5, 5.41) is 13.7. The second-order valence-corrected chi connectivity index (χ2v) is 4.85. The zero-order chi connectivity index (χ0) is 12.7. The van der Waals surface area contributed by atoms with Gasteiger partial charge >= 0.3 is 0 Å². The van der Waals surface area contributed by atoms with E-state index in [1.807, 2.05) is 37.3 Å². The van der Waals surface area contributed by atoms with Gasteiger partial charge in [0.1, 0.15) is 0 Å². The van der Waals surface area contributed by atoms with Crippen LogP contribution in [0, 0.1) is 0 Å². The first kappa shape index (κ1) is 14.2. The summed E-state index contributed by atoms with van der Waals surface area (Å²) in [6.45, 7) is 6.43. The standard InChI is InChI=1S/C15H25NO/c1-4-5-9-12(2)16-13(3)15(17)14-10-7-6-8-11-14/h6-8,10-13,15-17H,4-5,9H2,1-3H3/t12-,13+,15+/m1/s1. The third-order valence-electron chi connectivity index (χ3n) is 3.15. The van der Waals surface area contributed by atoms with Gasteiger partial charge in [-0.1, -0.05) is 50.1 Å². The third kappa shape index (κ3) is 4.88. The Morgan fingerprint density at radius 3 is 2.41 bits per heavy atom. The van der Waals surface area contributed by atoms with Crippen LogP contribution in [0.1, 0.15) is 51.7 Å². The summed E-state index contributed by atoms with van der Waals surface area (Å²) in [7, 11) is 0. The Morgan fingerprint density at radius 2 is 1.82 bits per heavy atom. The van der Waals surface area contributed by atoms with E-state index in [4.69, 9.17) is 0 Å². The maximum absolute atomic E-state index is 10.2. The van der Waals surface area contributed by atoms with Crippen LogP contribution < -0.4 is 5.32 Å². The van der Waals surface area contributed by atoms with Crippen LogP contribution in [0.3, 0.4) is 0 Å². The fourth-order valence-corrected chi connectivity index (χ4v) is 2.07. The molecule has 96 valence electrons. The van der Waals surface area contributed by atoms with Crippen molar-refractivity contribution in [3.8, 4) is 0 Å². The summed E-state index contributed by atoms with van der Waals surface area (Å²) >= 11 is 0. The molecule has 2 N–H and O–H groups in total. The van der Waals surface area contributed by atoms with E-state index in [1.54, 1.807) is 0 Å². The first-order valence-electron chi connectivity index (χ1n) is 6.64. The average Bonchev–Trinajstić information content (AvgIpc) is 2.36. The second kappa shape index (κ2) is 7.46. The lowest BCUT2D eigenvalue weighted by Crippen LogP contribution is -2.38. The van der Waals surface area contributed by atoms with Crippen molar-refractivity contribution in [3.63, 3.8) is 0 Å². The minimum atomic E-state index is -0.430. The third-order valence-corrected chi connectivity index (χ3v) is 3.15. The summed E-state index contributed by atoms with van der Waals surface area (Å²) in [6.07, 6.45) is 3.20. The molecular formula is C15H25NO. The van der Waals surface area contributed by atoms with E-state index in [2.05, 4.69) is 19.2 Å². The zero-order valence-electron chi connectivity index (χ0n) is 11.2. The molecule has 1 aromatic rings. The Bertz CT molecular complexity index is 299. The lowest BCUT2D eigenvalue weighted by Gasteiger charge is -2.24. The van der Waals surface area contributed by atoms with E-state index < -0.39 is 6.10 Å². The van der Waals surface area contributed by atoms with Gasteiger partial charge in [-0.3, -0.25) is 0 Å². The SMILES string of the molecule is CCCC[C@@H](C)N[C@@H](C)[C@H](O)c1ccccc1. The fraction of sp³-hybridized carbons (Fsp3) is 0.600. The maximum atomic E-state index is 10.2. The summed E-state index contributed by atoms with van der Waals surface area (Å²) < 4.78 is 0. The van der Waals surface area contributed by atoms with Gasteiger partial charge in [-0.05, 0) is 25.8 Å². The van der Waals surface area contributed by atoms with Crippen LogP contribution in [0.5, 0.6) is 0 Å². The Balaban J connectivity index is 2.44. The van der Waals surface area contributed by atoms with Crippen molar-refractivity contribution >= 4 is 0 Å². The minimum Gasteiger partial charge on any atom is -0.387 e. The molecule has 0 aliphatic rings. The van der Waals surface area contributed by atoms with E-state index in [0.29, 0.717) is 6.04 Å². The van der Waals surface area contributed by atoms with Crippen molar-refractivity contribution in [3.05, 3.63) is 35.9 Å². The Hall–Kier alpha value is -0.860. The fourth-order valence-electron chi connectivity index (χ4n) is 2.07. The number of hydrogen-bond acceptors (Lipinski definition) is 2. The van der Waals surface area contributed by atoms with Gasteiger partial charge in [0, 0.05) is 12.1 Å². The summed E-state index contributed by atoms with van der Waals surface area (Å²) in [4.78, 5) is 0. The van der Waals surface area contributed by atoms with Crippen LogP contribution in [-0.4, -0.2) is 17.2 Å². The highest BCUT2D eigenvalue weighted by atomic mass is 16.3. The van der Waals surface area contributed by atoms with Crippen LogP contribution in [0.25, 0.3) is 0 Å². The highest BCUT2D eigenvalue weighted by molar-refractivity contribution is 5.18. The average molecular weight is 235 g/mol. The normalized spacial score (nSPS) is 16.5. The van der Waals surface area contributed by atoms with Crippen molar-refractivity contribution in [2.24, 2.45) is 0 Å². The lowest BCUT2D eigenvalue weighted by molar-refractivity contribution is 0.129. The first-order valence-corrected chi connectivity index (χ1v) is 6.64. The van der Waals surface area contributed by atoms with Crippen LogP contribution >= 0.6 is 0 Å². The number of aliphatic hydroxyl groups excluding tert-OH is 1. The molecule has 0 spiro atoms. The summed E-state index contributed by atoms with van der Waals surface area (Å²) in [5.41, 5.74) is 0.982. The zero-order valence-corrected chi connectivity index (χ0v) is 11.2. The van der Waals surface area contributed by atoms with Crippen molar-refractivity contribution < 1.29 is 5.11 Å². The molecule has 1 rings (SSSR count). The predicted octanol–water partition coefficient (Wildman–Crippen LogP) is 3.28. The minimum absolute atomic E-state index is 0.0873.